The molecule has 1 aromatic rings. The van der Waals surface area contributed by atoms with E-state index >= 15 is 0 Å². The minimum atomic E-state index is -3.70. The molecular weight excluding hydrogens is 232 g/mol. The zero-order valence-corrected chi connectivity index (χ0v) is 9.27. The Kier molecular flexibility index (Phi) is 3.68. The molecular formula is C10H10O5S. The van der Waals surface area contributed by atoms with Gasteiger partial charge in [0.25, 0.3) is 0 Å². The van der Waals surface area contributed by atoms with Gasteiger partial charge in [-0.1, -0.05) is 0 Å². The van der Waals surface area contributed by atoms with Gasteiger partial charge in [0.05, 0.1) is 12.0 Å². The van der Waals surface area contributed by atoms with Gasteiger partial charge in [-0.05, 0) is 24.3 Å². The lowest BCUT2D eigenvalue weighted by Gasteiger charge is -2.01. The number of sulfone groups is 1. The van der Waals surface area contributed by atoms with Crippen LogP contribution in [0.2, 0.25) is 0 Å². The van der Waals surface area contributed by atoms with E-state index in [4.69, 9.17) is 9.84 Å². The molecule has 0 aliphatic heterocycles. The van der Waals surface area contributed by atoms with E-state index in [1.54, 1.807) is 0 Å². The van der Waals surface area contributed by atoms with Crippen LogP contribution in [-0.4, -0.2) is 26.6 Å². The first kappa shape index (κ1) is 12.3. The number of methoxy groups -OCH3 is 1. The predicted molar refractivity (Wildman–Crippen MR) is 57.0 cm³/mol. The van der Waals surface area contributed by atoms with Crippen molar-refractivity contribution in [2.24, 2.45) is 0 Å². The van der Waals surface area contributed by atoms with Gasteiger partial charge in [-0.3, -0.25) is 0 Å². The van der Waals surface area contributed by atoms with Gasteiger partial charge in [0.2, 0.25) is 0 Å². The summed E-state index contributed by atoms with van der Waals surface area (Å²) in [5.41, 5.74) is 0. The number of ether oxygens (including phenoxy) is 1. The Labute approximate surface area is 92.9 Å². The van der Waals surface area contributed by atoms with Crippen LogP contribution in [0.3, 0.4) is 0 Å². The summed E-state index contributed by atoms with van der Waals surface area (Å²) < 4.78 is 28.0. The van der Waals surface area contributed by atoms with E-state index in [9.17, 15) is 13.2 Å². The van der Waals surface area contributed by atoms with E-state index in [2.05, 4.69) is 0 Å². The number of hydrogen-bond acceptors (Lipinski definition) is 4. The van der Waals surface area contributed by atoms with Gasteiger partial charge >= 0.3 is 5.97 Å². The lowest BCUT2D eigenvalue weighted by atomic mass is 10.3. The lowest BCUT2D eigenvalue weighted by Crippen LogP contribution is -1.98. The molecule has 16 heavy (non-hydrogen) atoms. The second-order valence-electron chi connectivity index (χ2n) is 2.86. The van der Waals surface area contributed by atoms with E-state index in [0.717, 1.165) is 0 Å². The number of aliphatic carboxylic acids is 1. The molecule has 0 fully saturated rings. The smallest absolute Gasteiger partial charge is 0.329 e. The molecule has 0 bridgehead atoms. The molecule has 0 aliphatic carbocycles. The Morgan fingerprint density at radius 3 is 2.31 bits per heavy atom. The summed E-state index contributed by atoms with van der Waals surface area (Å²) in [5, 5.41) is 8.98. The van der Waals surface area contributed by atoms with Gasteiger partial charge in [0.1, 0.15) is 5.75 Å². The quantitative estimate of drug-likeness (QED) is 0.799. The molecule has 5 nitrogen and oxygen atoms in total. The van der Waals surface area contributed by atoms with E-state index in [1.807, 2.05) is 0 Å². The lowest BCUT2D eigenvalue weighted by molar-refractivity contribution is -0.131. The average molecular weight is 242 g/mol. The van der Waals surface area contributed by atoms with Gasteiger partial charge in [0, 0.05) is 11.5 Å². The fraction of sp³-hybridized carbons (Fsp3) is 0.100. The Bertz CT molecular complexity index is 499. The first-order valence-electron chi connectivity index (χ1n) is 4.26. The fourth-order valence-electron chi connectivity index (χ4n) is 0.992. The normalized spacial score (nSPS) is 11.6. The molecule has 0 heterocycles. The molecule has 0 aliphatic rings. The van der Waals surface area contributed by atoms with Gasteiger partial charge in [-0.2, -0.15) is 0 Å². The third-order valence-corrected chi connectivity index (χ3v) is 3.20. The molecule has 0 saturated carbocycles. The average Bonchev–Trinajstić information content (AvgIpc) is 2.27. The highest BCUT2D eigenvalue weighted by Crippen LogP contribution is 2.17. The molecule has 1 N–H and O–H groups in total. The molecule has 0 unspecified atom stereocenters. The fourth-order valence-corrected chi connectivity index (χ4v) is 1.96. The molecule has 0 atom stereocenters. The van der Waals surface area contributed by atoms with Crippen molar-refractivity contribution in [2.45, 2.75) is 4.90 Å². The summed E-state index contributed by atoms with van der Waals surface area (Å²) in [4.78, 5) is 10.2. The van der Waals surface area contributed by atoms with Crippen molar-refractivity contribution < 1.29 is 23.1 Å². The van der Waals surface area contributed by atoms with Crippen LogP contribution in [0.15, 0.2) is 40.6 Å². The van der Waals surface area contributed by atoms with E-state index < -0.39 is 15.8 Å². The van der Waals surface area contributed by atoms with E-state index in [0.29, 0.717) is 17.2 Å². The Hall–Kier alpha value is -1.82. The predicted octanol–water partition coefficient (Wildman–Crippen LogP) is 1.07. The standard InChI is InChI=1S/C10H10O5S/c1-15-8-2-4-9(5-3-8)16(13,14)7-6-10(11)12/h2-7H,1H3,(H,11,12)/b7-6+. The second-order valence-corrected chi connectivity index (χ2v) is 4.70. The Morgan fingerprint density at radius 2 is 1.88 bits per heavy atom. The Morgan fingerprint density at radius 1 is 1.31 bits per heavy atom. The summed E-state index contributed by atoms with van der Waals surface area (Å²) in [6.07, 6.45) is 0.583. The molecule has 0 radical (unpaired) electrons. The monoisotopic (exact) mass is 242 g/mol. The van der Waals surface area contributed by atoms with Gasteiger partial charge in [-0.15, -0.1) is 0 Å². The number of carboxylic acids is 1. The van der Waals surface area contributed by atoms with Gasteiger partial charge in [-0.25, -0.2) is 13.2 Å². The van der Waals surface area contributed by atoms with Crippen molar-refractivity contribution in [3.8, 4) is 5.75 Å². The number of benzene rings is 1. The molecule has 6 heteroatoms. The minimum Gasteiger partial charge on any atom is -0.497 e. The van der Waals surface area contributed by atoms with Crippen molar-refractivity contribution in [3.63, 3.8) is 0 Å². The highest BCUT2D eigenvalue weighted by molar-refractivity contribution is 7.94. The third kappa shape index (κ3) is 3.09. The van der Waals surface area contributed by atoms with Crippen molar-refractivity contribution in [1.82, 2.24) is 0 Å². The maximum Gasteiger partial charge on any atom is 0.329 e. The van der Waals surface area contributed by atoms with Gasteiger partial charge in [0.15, 0.2) is 9.84 Å². The van der Waals surface area contributed by atoms with Gasteiger partial charge < -0.3 is 9.84 Å². The molecule has 0 saturated heterocycles. The van der Waals surface area contributed by atoms with Crippen molar-refractivity contribution in [1.29, 1.82) is 0 Å². The number of hydrogen-bond donors (Lipinski definition) is 1. The van der Waals surface area contributed by atoms with Crippen molar-refractivity contribution in [2.75, 3.05) is 7.11 Å². The maximum absolute atomic E-state index is 11.5. The largest absolute Gasteiger partial charge is 0.497 e. The highest BCUT2D eigenvalue weighted by atomic mass is 32.2. The van der Waals surface area contributed by atoms with Crippen LogP contribution in [-0.2, 0) is 14.6 Å². The van der Waals surface area contributed by atoms with Crippen molar-refractivity contribution in [3.05, 3.63) is 35.7 Å². The van der Waals surface area contributed by atoms with E-state index in [-0.39, 0.29) is 4.90 Å². The van der Waals surface area contributed by atoms with Crippen LogP contribution in [0, 0.1) is 0 Å². The maximum atomic E-state index is 11.5. The summed E-state index contributed by atoms with van der Waals surface area (Å²) in [6, 6.07) is 5.67. The summed E-state index contributed by atoms with van der Waals surface area (Å²) >= 11 is 0. The topological polar surface area (TPSA) is 80.7 Å². The molecule has 1 rings (SSSR count). The Balaban J connectivity index is 3.03. The molecule has 0 amide bonds. The van der Waals surface area contributed by atoms with Crippen LogP contribution in [0.4, 0.5) is 0 Å². The van der Waals surface area contributed by atoms with E-state index in [1.165, 1.54) is 31.4 Å². The van der Waals surface area contributed by atoms with Crippen molar-refractivity contribution >= 4 is 15.8 Å². The summed E-state index contributed by atoms with van der Waals surface area (Å²) in [6.45, 7) is 0. The molecule has 86 valence electrons. The highest BCUT2D eigenvalue weighted by Gasteiger charge is 2.10. The van der Waals surface area contributed by atoms with Crippen LogP contribution < -0.4 is 4.74 Å². The number of rotatable bonds is 4. The first-order chi connectivity index (χ1) is 7.45. The van der Waals surface area contributed by atoms with Crippen LogP contribution >= 0.6 is 0 Å². The molecule has 1 aromatic carbocycles. The van der Waals surface area contributed by atoms with Crippen LogP contribution in [0.1, 0.15) is 0 Å². The second kappa shape index (κ2) is 4.80. The zero-order chi connectivity index (χ0) is 12.2. The van der Waals surface area contributed by atoms with Crippen LogP contribution in [0.5, 0.6) is 5.75 Å². The molecule has 0 aromatic heterocycles. The summed E-state index contributed by atoms with van der Waals surface area (Å²) in [5.74, 6) is -0.779. The third-order valence-electron chi connectivity index (χ3n) is 1.78. The summed E-state index contributed by atoms with van der Waals surface area (Å²) in [7, 11) is -2.23. The first-order valence-corrected chi connectivity index (χ1v) is 5.80. The zero-order valence-electron chi connectivity index (χ0n) is 8.45. The SMILES string of the molecule is COc1ccc(S(=O)(=O)/C=C/C(=O)O)cc1. The van der Waals surface area contributed by atoms with Crippen LogP contribution in [0.25, 0.3) is 0 Å². The number of carbonyl (C=O) groups is 1. The minimum absolute atomic E-state index is 0.0193. The molecule has 0 spiro atoms. The number of carboxylic acid groups (broad SMARTS) is 1.